The third kappa shape index (κ3) is 1.70. The van der Waals surface area contributed by atoms with Crippen molar-refractivity contribution in [2.45, 2.75) is 30.4 Å². The van der Waals surface area contributed by atoms with Crippen LogP contribution in [0.4, 0.5) is 0 Å². The molecule has 1 fully saturated rings. The minimum absolute atomic E-state index is 0.0251. The van der Waals surface area contributed by atoms with Crippen LogP contribution in [0, 0.1) is 0 Å². The molecule has 0 spiro atoms. The van der Waals surface area contributed by atoms with Crippen LogP contribution in [0.15, 0.2) is 4.52 Å². The summed E-state index contributed by atoms with van der Waals surface area (Å²) in [6, 6.07) is 0. The normalized spacial score (nSPS) is 28.2. The molecule has 1 aliphatic heterocycles. The van der Waals surface area contributed by atoms with Gasteiger partial charge in [-0.15, -0.1) is 23.4 Å². The predicted molar refractivity (Wildman–Crippen MR) is 52.9 cm³/mol. The Balaban J connectivity index is 2.23. The van der Waals surface area contributed by atoms with Crippen molar-refractivity contribution in [1.29, 1.82) is 0 Å². The molecular formula is C8H11ClN2OS. The number of rotatable bonds is 2. The first-order valence-electron chi connectivity index (χ1n) is 4.27. The Morgan fingerprint density at radius 3 is 3.08 bits per heavy atom. The van der Waals surface area contributed by atoms with Crippen molar-refractivity contribution in [1.82, 2.24) is 10.1 Å². The molecule has 13 heavy (non-hydrogen) atoms. The van der Waals surface area contributed by atoms with E-state index in [-0.39, 0.29) is 4.75 Å². The SMILES string of the molecule is CC1(c2nc(CCl)no2)CCCS1. The zero-order valence-electron chi connectivity index (χ0n) is 7.42. The van der Waals surface area contributed by atoms with Gasteiger partial charge in [0.1, 0.15) is 0 Å². The van der Waals surface area contributed by atoms with Crippen LogP contribution in [-0.4, -0.2) is 15.9 Å². The number of aromatic nitrogens is 2. The van der Waals surface area contributed by atoms with Gasteiger partial charge in [-0.2, -0.15) is 4.98 Å². The van der Waals surface area contributed by atoms with E-state index < -0.39 is 0 Å². The van der Waals surface area contributed by atoms with Gasteiger partial charge in [0.2, 0.25) is 5.89 Å². The first-order valence-corrected chi connectivity index (χ1v) is 5.79. The molecule has 1 saturated heterocycles. The maximum absolute atomic E-state index is 5.60. The Bertz CT molecular complexity index is 296. The van der Waals surface area contributed by atoms with E-state index in [1.165, 1.54) is 12.2 Å². The van der Waals surface area contributed by atoms with Gasteiger partial charge in [-0.1, -0.05) is 5.16 Å². The first-order chi connectivity index (χ1) is 6.24. The average molecular weight is 219 g/mol. The summed E-state index contributed by atoms with van der Waals surface area (Å²) in [6.07, 6.45) is 2.33. The van der Waals surface area contributed by atoms with Gasteiger partial charge in [0.05, 0.1) is 10.6 Å². The molecule has 0 radical (unpaired) electrons. The second-order valence-corrected chi connectivity index (χ2v) is 5.20. The number of hydrogen-bond acceptors (Lipinski definition) is 4. The Morgan fingerprint density at radius 2 is 2.54 bits per heavy atom. The molecule has 1 aliphatic rings. The van der Waals surface area contributed by atoms with Crippen molar-refractivity contribution in [2.24, 2.45) is 0 Å². The van der Waals surface area contributed by atoms with Gasteiger partial charge in [-0.05, 0) is 25.5 Å². The van der Waals surface area contributed by atoms with Crippen molar-refractivity contribution < 1.29 is 4.52 Å². The fourth-order valence-electron chi connectivity index (χ4n) is 1.47. The summed E-state index contributed by atoms with van der Waals surface area (Å²) in [4.78, 5) is 4.25. The van der Waals surface area contributed by atoms with Gasteiger partial charge >= 0.3 is 0 Å². The third-order valence-electron chi connectivity index (χ3n) is 2.26. The summed E-state index contributed by atoms with van der Waals surface area (Å²) >= 11 is 7.48. The summed E-state index contributed by atoms with van der Waals surface area (Å²) in [5, 5.41) is 3.79. The molecule has 0 aromatic carbocycles. The van der Waals surface area contributed by atoms with Crippen LogP contribution in [-0.2, 0) is 10.6 Å². The topological polar surface area (TPSA) is 38.9 Å². The largest absolute Gasteiger partial charge is 0.338 e. The Kier molecular flexibility index (Phi) is 2.51. The van der Waals surface area contributed by atoms with Gasteiger partial charge in [-0.25, -0.2) is 0 Å². The molecule has 1 aromatic rings. The van der Waals surface area contributed by atoms with Crippen molar-refractivity contribution in [3.8, 4) is 0 Å². The maximum Gasteiger partial charge on any atom is 0.242 e. The zero-order chi connectivity index (χ0) is 9.31. The summed E-state index contributed by atoms with van der Waals surface area (Å²) in [5.41, 5.74) is 0. The number of hydrogen-bond donors (Lipinski definition) is 0. The quantitative estimate of drug-likeness (QED) is 0.716. The minimum Gasteiger partial charge on any atom is -0.338 e. The van der Waals surface area contributed by atoms with E-state index in [1.54, 1.807) is 0 Å². The van der Waals surface area contributed by atoms with Crippen LogP contribution in [0.1, 0.15) is 31.5 Å². The van der Waals surface area contributed by atoms with Crippen LogP contribution < -0.4 is 0 Å². The first kappa shape index (κ1) is 9.34. The number of thioether (sulfide) groups is 1. The Morgan fingerprint density at radius 1 is 1.69 bits per heavy atom. The molecular weight excluding hydrogens is 208 g/mol. The highest BCUT2D eigenvalue weighted by Crippen LogP contribution is 2.45. The Labute approximate surface area is 86.2 Å². The molecule has 1 unspecified atom stereocenters. The number of alkyl halides is 1. The van der Waals surface area contributed by atoms with Gasteiger partial charge in [0, 0.05) is 0 Å². The lowest BCUT2D eigenvalue weighted by Crippen LogP contribution is -2.13. The van der Waals surface area contributed by atoms with Crippen LogP contribution >= 0.6 is 23.4 Å². The van der Waals surface area contributed by atoms with Crippen LogP contribution in [0.2, 0.25) is 0 Å². The predicted octanol–water partition coefficient (Wildman–Crippen LogP) is 2.55. The summed E-state index contributed by atoms with van der Waals surface area (Å²) in [5.74, 6) is 2.82. The van der Waals surface area contributed by atoms with Crippen LogP contribution in [0.25, 0.3) is 0 Å². The standard InChI is InChI=1S/C8H11ClN2OS/c1-8(3-2-4-13-8)7-10-6(5-9)11-12-7/h2-5H2,1H3. The van der Waals surface area contributed by atoms with Crippen molar-refractivity contribution >= 4 is 23.4 Å². The molecule has 1 aromatic heterocycles. The van der Waals surface area contributed by atoms with E-state index in [9.17, 15) is 0 Å². The van der Waals surface area contributed by atoms with Gasteiger partial charge in [-0.3, -0.25) is 0 Å². The molecule has 0 saturated carbocycles. The highest BCUT2D eigenvalue weighted by Gasteiger charge is 2.36. The number of halogens is 1. The molecule has 2 heterocycles. The zero-order valence-corrected chi connectivity index (χ0v) is 8.99. The monoisotopic (exact) mass is 218 g/mol. The highest BCUT2D eigenvalue weighted by molar-refractivity contribution is 8.00. The fourth-order valence-corrected chi connectivity index (χ4v) is 2.81. The van der Waals surface area contributed by atoms with E-state index >= 15 is 0 Å². The lowest BCUT2D eigenvalue weighted by Gasteiger charge is -2.15. The minimum atomic E-state index is 0.0251. The molecule has 3 nitrogen and oxygen atoms in total. The summed E-state index contributed by atoms with van der Waals surface area (Å²) < 4.78 is 5.20. The van der Waals surface area contributed by atoms with E-state index in [1.807, 2.05) is 11.8 Å². The molecule has 0 bridgehead atoms. The molecule has 0 amide bonds. The van der Waals surface area contributed by atoms with E-state index in [0.717, 1.165) is 12.3 Å². The lowest BCUT2D eigenvalue weighted by molar-refractivity contribution is 0.341. The molecule has 2 rings (SSSR count). The smallest absolute Gasteiger partial charge is 0.242 e. The van der Waals surface area contributed by atoms with E-state index in [2.05, 4.69) is 17.1 Å². The molecule has 0 aliphatic carbocycles. The molecule has 1 atom stereocenters. The van der Waals surface area contributed by atoms with E-state index in [4.69, 9.17) is 16.1 Å². The van der Waals surface area contributed by atoms with E-state index in [0.29, 0.717) is 11.7 Å². The van der Waals surface area contributed by atoms with Gasteiger partial charge in [0.25, 0.3) is 0 Å². The summed E-state index contributed by atoms with van der Waals surface area (Å²) in [6.45, 7) is 2.15. The average Bonchev–Trinajstić information content (AvgIpc) is 2.72. The van der Waals surface area contributed by atoms with Gasteiger partial charge < -0.3 is 4.52 Å². The second-order valence-electron chi connectivity index (χ2n) is 3.33. The summed E-state index contributed by atoms with van der Waals surface area (Å²) in [7, 11) is 0. The molecule has 5 heteroatoms. The maximum atomic E-state index is 5.60. The van der Waals surface area contributed by atoms with Crippen LogP contribution in [0.3, 0.4) is 0 Å². The van der Waals surface area contributed by atoms with Crippen molar-refractivity contribution in [3.05, 3.63) is 11.7 Å². The fraction of sp³-hybridized carbons (Fsp3) is 0.750. The third-order valence-corrected chi connectivity index (χ3v) is 4.01. The lowest BCUT2D eigenvalue weighted by atomic mass is 10.1. The van der Waals surface area contributed by atoms with Crippen molar-refractivity contribution in [3.63, 3.8) is 0 Å². The van der Waals surface area contributed by atoms with Crippen molar-refractivity contribution in [2.75, 3.05) is 5.75 Å². The number of nitrogens with zero attached hydrogens (tertiary/aromatic N) is 2. The second kappa shape index (κ2) is 3.50. The molecule has 72 valence electrons. The van der Waals surface area contributed by atoms with Gasteiger partial charge in [0.15, 0.2) is 5.82 Å². The van der Waals surface area contributed by atoms with Crippen LogP contribution in [0.5, 0.6) is 0 Å². The molecule has 0 N–H and O–H groups in total. The highest BCUT2D eigenvalue weighted by atomic mass is 35.5. The Hall–Kier alpha value is -0.220.